The van der Waals surface area contributed by atoms with Gasteiger partial charge in [-0.15, -0.1) is 0 Å². The van der Waals surface area contributed by atoms with Gasteiger partial charge >= 0.3 is 0 Å². The SMILES string of the molecule is CCOc1ccc(S(=O)(=O)NCCc2ccc(S(=O)(=O)N3CCCCC3)cc2)cc1. The minimum atomic E-state index is -3.62. The Balaban J connectivity index is 1.57. The molecule has 1 heterocycles. The molecule has 0 radical (unpaired) electrons. The molecule has 1 saturated heterocycles. The summed E-state index contributed by atoms with van der Waals surface area (Å²) in [5.74, 6) is 0.621. The molecule has 0 atom stereocenters. The Bertz CT molecular complexity index is 1030. The summed E-state index contributed by atoms with van der Waals surface area (Å²) in [6, 6.07) is 12.9. The minimum absolute atomic E-state index is 0.175. The number of rotatable bonds is 9. The fraction of sp³-hybridized carbons (Fsp3) is 0.429. The first kappa shape index (κ1) is 22.7. The van der Waals surface area contributed by atoms with Crippen LogP contribution >= 0.6 is 0 Å². The molecule has 0 amide bonds. The van der Waals surface area contributed by atoms with Gasteiger partial charge in [-0.1, -0.05) is 18.6 Å². The van der Waals surface area contributed by atoms with E-state index in [0.29, 0.717) is 31.9 Å². The highest BCUT2D eigenvalue weighted by atomic mass is 32.2. The third kappa shape index (κ3) is 5.60. The zero-order valence-electron chi connectivity index (χ0n) is 17.1. The summed E-state index contributed by atoms with van der Waals surface area (Å²) in [7, 11) is -7.07. The van der Waals surface area contributed by atoms with Crippen molar-refractivity contribution >= 4 is 20.0 Å². The molecular weight excluding hydrogens is 424 g/mol. The first-order valence-corrected chi connectivity index (χ1v) is 13.1. The molecule has 3 rings (SSSR count). The van der Waals surface area contributed by atoms with E-state index in [1.54, 1.807) is 36.4 Å². The molecule has 0 saturated carbocycles. The van der Waals surface area contributed by atoms with Crippen molar-refractivity contribution in [1.29, 1.82) is 0 Å². The Morgan fingerprint density at radius 1 is 0.867 bits per heavy atom. The molecule has 2 aromatic rings. The number of nitrogens with one attached hydrogen (secondary N) is 1. The molecule has 7 nitrogen and oxygen atoms in total. The van der Waals surface area contributed by atoms with E-state index < -0.39 is 20.0 Å². The van der Waals surface area contributed by atoms with Crippen LogP contribution in [0.1, 0.15) is 31.7 Å². The van der Waals surface area contributed by atoms with Crippen molar-refractivity contribution in [2.24, 2.45) is 0 Å². The molecule has 0 bridgehead atoms. The highest BCUT2D eigenvalue weighted by molar-refractivity contribution is 7.89. The summed E-state index contributed by atoms with van der Waals surface area (Å²) in [6.07, 6.45) is 3.31. The van der Waals surface area contributed by atoms with Gasteiger partial charge in [-0.25, -0.2) is 21.6 Å². The number of ether oxygens (including phenoxy) is 1. The van der Waals surface area contributed by atoms with E-state index in [4.69, 9.17) is 4.74 Å². The minimum Gasteiger partial charge on any atom is -0.494 e. The molecule has 1 aliphatic heterocycles. The van der Waals surface area contributed by atoms with Crippen molar-refractivity contribution in [2.75, 3.05) is 26.2 Å². The van der Waals surface area contributed by atoms with Gasteiger partial charge in [-0.05, 0) is 68.1 Å². The summed E-state index contributed by atoms with van der Waals surface area (Å²) < 4.78 is 59.7. The van der Waals surface area contributed by atoms with Gasteiger partial charge in [0.05, 0.1) is 16.4 Å². The maximum absolute atomic E-state index is 12.7. The van der Waals surface area contributed by atoms with Crippen molar-refractivity contribution in [3.63, 3.8) is 0 Å². The Morgan fingerprint density at radius 2 is 1.47 bits per heavy atom. The lowest BCUT2D eigenvalue weighted by molar-refractivity contribution is 0.340. The van der Waals surface area contributed by atoms with Crippen molar-refractivity contribution < 1.29 is 21.6 Å². The van der Waals surface area contributed by atoms with Crippen LogP contribution in [0.2, 0.25) is 0 Å². The van der Waals surface area contributed by atoms with E-state index in [9.17, 15) is 16.8 Å². The molecule has 164 valence electrons. The fourth-order valence-electron chi connectivity index (χ4n) is 3.38. The second-order valence-electron chi connectivity index (χ2n) is 7.16. The van der Waals surface area contributed by atoms with Crippen LogP contribution in [0, 0.1) is 0 Å². The van der Waals surface area contributed by atoms with E-state index in [1.165, 1.54) is 16.4 Å². The molecule has 30 heavy (non-hydrogen) atoms. The lowest BCUT2D eigenvalue weighted by Gasteiger charge is -2.25. The molecule has 0 aliphatic carbocycles. The zero-order chi connectivity index (χ0) is 21.6. The van der Waals surface area contributed by atoms with Crippen molar-refractivity contribution in [1.82, 2.24) is 9.03 Å². The summed E-state index contributed by atoms with van der Waals surface area (Å²) in [5.41, 5.74) is 0.863. The predicted molar refractivity (Wildman–Crippen MR) is 116 cm³/mol. The summed E-state index contributed by atoms with van der Waals surface area (Å²) in [6.45, 7) is 3.73. The number of piperidine rings is 1. The lowest BCUT2D eigenvalue weighted by atomic mass is 10.2. The van der Waals surface area contributed by atoms with Crippen LogP contribution in [0.25, 0.3) is 0 Å². The van der Waals surface area contributed by atoms with Gasteiger partial charge in [0.15, 0.2) is 0 Å². The van der Waals surface area contributed by atoms with Crippen LogP contribution in [0.4, 0.5) is 0 Å². The molecule has 1 fully saturated rings. The first-order valence-electron chi connectivity index (χ1n) is 10.1. The topological polar surface area (TPSA) is 92.8 Å². The second kappa shape index (κ2) is 9.91. The fourth-order valence-corrected chi connectivity index (χ4v) is 5.93. The summed E-state index contributed by atoms with van der Waals surface area (Å²) >= 11 is 0. The molecule has 0 unspecified atom stereocenters. The van der Waals surface area contributed by atoms with Gasteiger partial charge in [-0.2, -0.15) is 4.31 Å². The lowest BCUT2D eigenvalue weighted by Crippen LogP contribution is -2.35. The molecule has 0 spiro atoms. The number of sulfonamides is 2. The average molecular weight is 453 g/mol. The normalized spacial score (nSPS) is 15.8. The number of nitrogens with zero attached hydrogens (tertiary/aromatic N) is 1. The second-order valence-corrected chi connectivity index (χ2v) is 10.9. The molecular formula is C21H28N2O5S2. The maximum atomic E-state index is 12.7. The number of hydrogen-bond acceptors (Lipinski definition) is 5. The van der Waals surface area contributed by atoms with E-state index in [2.05, 4.69) is 4.72 Å². The standard InChI is InChI=1S/C21H28N2O5S2/c1-2-28-19-8-12-20(13-9-19)29(24,25)22-15-14-18-6-10-21(11-7-18)30(26,27)23-16-4-3-5-17-23/h6-13,22H,2-5,14-17H2,1H3. The van der Waals surface area contributed by atoms with Crippen molar-refractivity contribution in [3.8, 4) is 5.75 Å². The van der Waals surface area contributed by atoms with Gasteiger partial charge in [0, 0.05) is 19.6 Å². The summed E-state index contributed by atoms with van der Waals surface area (Å²) in [4.78, 5) is 0.456. The van der Waals surface area contributed by atoms with Gasteiger partial charge in [0.25, 0.3) is 0 Å². The third-order valence-corrected chi connectivity index (χ3v) is 8.42. The molecule has 1 N–H and O–H groups in total. The Morgan fingerprint density at radius 3 is 2.07 bits per heavy atom. The average Bonchev–Trinajstić information content (AvgIpc) is 2.75. The molecule has 9 heteroatoms. The summed E-state index contributed by atoms with van der Waals surface area (Å²) in [5, 5.41) is 0. The van der Waals surface area contributed by atoms with Gasteiger partial charge in [0.2, 0.25) is 20.0 Å². The van der Waals surface area contributed by atoms with Crippen molar-refractivity contribution in [3.05, 3.63) is 54.1 Å². The quantitative estimate of drug-likeness (QED) is 0.632. The molecule has 0 aromatic heterocycles. The van der Waals surface area contributed by atoms with Crippen molar-refractivity contribution in [2.45, 2.75) is 42.4 Å². The van der Waals surface area contributed by atoms with Crippen LogP contribution in [0.15, 0.2) is 58.3 Å². The smallest absolute Gasteiger partial charge is 0.243 e. The number of benzene rings is 2. The predicted octanol–water partition coefficient (Wildman–Crippen LogP) is 2.78. The van der Waals surface area contributed by atoms with Crippen LogP contribution in [-0.2, 0) is 26.5 Å². The highest BCUT2D eigenvalue weighted by Crippen LogP contribution is 2.21. The highest BCUT2D eigenvalue weighted by Gasteiger charge is 2.25. The largest absolute Gasteiger partial charge is 0.494 e. The Labute approximate surface area is 179 Å². The number of hydrogen-bond donors (Lipinski definition) is 1. The zero-order valence-corrected chi connectivity index (χ0v) is 18.7. The van der Waals surface area contributed by atoms with Crippen LogP contribution < -0.4 is 9.46 Å². The monoisotopic (exact) mass is 452 g/mol. The van der Waals surface area contributed by atoms with Crippen LogP contribution in [0.3, 0.4) is 0 Å². The Hall–Kier alpha value is -1.94. The van der Waals surface area contributed by atoms with Gasteiger partial charge < -0.3 is 4.74 Å². The third-order valence-electron chi connectivity index (χ3n) is 5.03. The first-order chi connectivity index (χ1) is 14.3. The van der Waals surface area contributed by atoms with Crippen LogP contribution in [0.5, 0.6) is 5.75 Å². The molecule has 1 aliphatic rings. The van der Waals surface area contributed by atoms with Crippen LogP contribution in [-0.4, -0.2) is 47.4 Å². The van der Waals surface area contributed by atoms with E-state index >= 15 is 0 Å². The van der Waals surface area contributed by atoms with Gasteiger partial charge in [0.1, 0.15) is 5.75 Å². The Kier molecular flexibility index (Phi) is 7.51. The molecule has 2 aromatic carbocycles. The van der Waals surface area contributed by atoms with E-state index in [0.717, 1.165) is 24.8 Å². The van der Waals surface area contributed by atoms with E-state index in [-0.39, 0.29) is 16.3 Å². The van der Waals surface area contributed by atoms with Gasteiger partial charge in [-0.3, -0.25) is 0 Å². The maximum Gasteiger partial charge on any atom is 0.243 e. The van der Waals surface area contributed by atoms with E-state index in [1.807, 2.05) is 6.92 Å².